The van der Waals surface area contributed by atoms with E-state index >= 15 is 0 Å². The highest BCUT2D eigenvalue weighted by Crippen LogP contribution is 2.38. The number of pyridine rings is 2. The van der Waals surface area contributed by atoms with Crippen molar-refractivity contribution in [2.45, 2.75) is 0 Å². The van der Waals surface area contributed by atoms with Gasteiger partial charge in [-0.15, -0.1) is 0 Å². The third-order valence-electron chi connectivity index (χ3n) is 4.98. The Kier molecular flexibility index (Phi) is 5.34. The van der Waals surface area contributed by atoms with Crippen LogP contribution in [-0.2, 0) is 11.8 Å². The minimum absolute atomic E-state index is 0.130. The number of fused-ring (bicyclic) bond motifs is 1. The molecule has 5 rings (SSSR count). The first kappa shape index (κ1) is 21.1. The van der Waals surface area contributed by atoms with Gasteiger partial charge in [0.1, 0.15) is 11.6 Å². The normalized spacial score (nSPS) is 12.4. The summed E-state index contributed by atoms with van der Waals surface area (Å²) < 4.78 is 25.7. The molecule has 0 saturated carbocycles. The molecular weight excluding hydrogens is 443 g/mol. The van der Waals surface area contributed by atoms with E-state index in [1.807, 2.05) is 0 Å². The number of ether oxygens (including phenoxy) is 2. The van der Waals surface area contributed by atoms with E-state index in [2.05, 4.69) is 25.6 Å². The van der Waals surface area contributed by atoms with Gasteiger partial charge in [-0.2, -0.15) is 0 Å². The summed E-state index contributed by atoms with van der Waals surface area (Å²) in [6, 6.07) is 10.6. The summed E-state index contributed by atoms with van der Waals surface area (Å²) in [5.41, 5.74) is 0.992. The largest absolute Gasteiger partial charge is 0.476 e. The van der Waals surface area contributed by atoms with Crippen molar-refractivity contribution < 1.29 is 18.7 Å². The van der Waals surface area contributed by atoms with Crippen LogP contribution in [-0.4, -0.2) is 32.0 Å². The number of aromatic nitrogens is 4. The number of carbonyl (C=O) groups is 1. The number of nitrogens with zero attached hydrogens (tertiary/aromatic N) is 4. The van der Waals surface area contributed by atoms with Crippen molar-refractivity contribution >= 4 is 23.4 Å². The maximum atomic E-state index is 13.1. The number of nitrogens with one attached hydrogen (secondary N) is 2. The standard InChI is InChI=1S/C23H17FN6O4/c1-30-22(32)16(11-27-23(30)28-14-4-2-13(24)3-5-14)17-7-6-15(10-26-17)34-18-8-9-25-21-20(18)33-12-19(31)29-21/h2-11H,12H2,1H3,(H,27,28)(H,25,29,31). The van der Waals surface area contributed by atoms with Crippen molar-refractivity contribution in [2.75, 3.05) is 17.2 Å². The van der Waals surface area contributed by atoms with Gasteiger partial charge in [0.15, 0.2) is 18.2 Å². The van der Waals surface area contributed by atoms with Crippen LogP contribution in [0, 0.1) is 5.82 Å². The average molecular weight is 460 g/mol. The van der Waals surface area contributed by atoms with Crippen LogP contribution >= 0.6 is 0 Å². The van der Waals surface area contributed by atoms with Crippen molar-refractivity contribution in [1.82, 2.24) is 19.5 Å². The van der Waals surface area contributed by atoms with E-state index < -0.39 is 0 Å². The summed E-state index contributed by atoms with van der Waals surface area (Å²) in [4.78, 5) is 37.1. The molecule has 170 valence electrons. The van der Waals surface area contributed by atoms with Crippen LogP contribution in [0.15, 0.2) is 65.8 Å². The van der Waals surface area contributed by atoms with Gasteiger partial charge in [0, 0.05) is 31.2 Å². The molecule has 10 nitrogen and oxygen atoms in total. The molecule has 0 radical (unpaired) electrons. The molecule has 0 atom stereocenters. The first-order valence-electron chi connectivity index (χ1n) is 10.1. The molecule has 3 aromatic heterocycles. The second-order valence-corrected chi connectivity index (χ2v) is 7.30. The van der Waals surface area contributed by atoms with Crippen molar-refractivity contribution in [3.05, 3.63) is 77.2 Å². The van der Waals surface area contributed by atoms with Crippen LogP contribution in [0.1, 0.15) is 0 Å². The van der Waals surface area contributed by atoms with Crippen LogP contribution in [0.3, 0.4) is 0 Å². The smallest absolute Gasteiger partial charge is 0.264 e. The highest BCUT2D eigenvalue weighted by molar-refractivity contribution is 5.94. The topological polar surface area (TPSA) is 120 Å². The molecule has 0 fully saturated rings. The Bertz CT molecular complexity index is 1440. The van der Waals surface area contributed by atoms with E-state index in [1.165, 1.54) is 35.3 Å². The zero-order valence-corrected chi connectivity index (χ0v) is 17.8. The molecule has 4 aromatic rings. The van der Waals surface area contributed by atoms with Crippen molar-refractivity contribution in [3.8, 4) is 28.5 Å². The molecule has 1 aliphatic heterocycles. The summed E-state index contributed by atoms with van der Waals surface area (Å²) in [6.07, 6.45) is 4.38. The molecule has 0 bridgehead atoms. The Morgan fingerprint density at radius 3 is 2.65 bits per heavy atom. The second-order valence-electron chi connectivity index (χ2n) is 7.30. The Morgan fingerprint density at radius 1 is 1.06 bits per heavy atom. The van der Waals surface area contributed by atoms with Crippen molar-refractivity contribution in [2.24, 2.45) is 7.05 Å². The predicted octanol–water partition coefficient (Wildman–Crippen LogP) is 3.24. The number of amides is 1. The summed E-state index contributed by atoms with van der Waals surface area (Å²) in [5.74, 6) is 1.03. The first-order valence-corrected chi connectivity index (χ1v) is 10.1. The fourth-order valence-electron chi connectivity index (χ4n) is 3.27. The average Bonchev–Trinajstić information content (AvgIpc) is 2.84. The number of halogens is 1. The molecule has 4 heterocycles. The lowest BCUT2D eigenvalue weighted by molar-refractivity contribution is -0.118. The lowest BCUT2D eigenvalue weighted by atomic mass is 10.2. The third kappa shape index (κ3) is 4.13. The van der Waals surface area contributed by atoms with Crippen molar-refractivity contribution in [1.29, 1.82) is 0 Å². The van der Waals surface area contributed by atoms with E-state index in [0.717, 1.165) is 0 Å². The number of hydrogen-bond acceptors (Lipinski definition) is 8. The minimum atomic E-state index is -0.357. The van der Waals surface area contributed by atoms with E-state index in [9.17, 15) is 14.0 Å². The van der Waals surface area contributed by atoms with Crippen LogP contribution in [0.25, 0.3) is 11.3 Å². The van der Waals surface area contributed by atoms with Crippen LogP contribution in [0.5, 0.6) is 17.2 Å². The summed E-state index contributed by atoms with van der Waals surface area (Å²) in [5, 5.41) is 5.60. The number of carbonyl (C=O) groups excluding carboxylic acids is 1. The summed E-state index contributed by atoms with van der Waals surface area (Å²) >= 11 is 0. The number of hydrogen-bond donors (Lipinski definition) is 2. The Balaban J connectivity index is 1.36. The van der Waals surface area contributed by atoms with Gasteiger partial charge in [-0.05, 0) is 36.4 Å². The quantitative estimate of drug-likeness (QED) is 0.466. The molecule has 34 heavy (non-hydrogen) atoms. The Labute approximate surface area is 192 Å². The van der Waals surface area contributed by atoms with Gasteiger partial charge in [0.25, 0.3) is 11.5 Å². The lowest BCUT2D eigenvalue weighted by Gasteiger charge is -2.19. The molecule has 0 saturated heterocycles. The highest BCUT2D eigenvalue weighted by atomic mass is 19.1. The highest BCUT2D eigenvalue weighted by Gasteiger charge is 2.21. The zero-order valence-electron chi connectivity index (χ0n) is 17.8. The van der Waals surface area contributed by atoms with Gasteiger partial charge in [0.05, 0.1) is 17.5 Å². The van der Waals surface area contributed by atoms with Gasteiger partial charge in [-0.25, -0.2) is 14.4 Å². The number of benzene rings is 1. The maximum Gasteiger partial charge on any atom is 0.264 e. The fourth-order valence-corrected chi connectivity index (χ4v) is 3.27. The van der Waals surface area contributed by atoms with Crippen LogP contribution < -0.4 is 25.7 Å². The Hall–Kier alpha value is -4.80. The molecule has 2 N–H and O–H groups in total. The molecule has 1 amide bonds. The molecule has 0 aliphatic carbocycles. The van der Waals surface area contributed by atoms with Crippen molar-refractivity contribution in [3.63, 3.8) is 0 Å². The number of anilines is 3. The van der Waals surface area contributed by atoms with E-state index in [-0.39, 0.29) is 29.7 Å². The van der Waals surface area contributed by atoms with Crippen LogP contribution in [0.4, 0.5) is 21.8 Å². The molecule has 1 aromatic carbocycles. The second kappa shape index (κ2) is 8.62. The van der Waals surface area contributed by atoms with E-state index in [1.54, 1.807) is 37.4 Å². The predicted molar refractivity (Wildman–Crippen MR) is 121 cm³/mol. The van der Waals surface area contributed by atoms with E-state index in [0.29, 0.717) is 40.1 Å². The summed E-state index contributed by atoms with van der Waals surface area (Å²) in [7, 11) is 1.58. The third-order valence-corrected chi connectivity index (χ3v) is 4.98. The molecule has 1 aliphatic rings. The van der Waals surface area contributed by atoms with Crippen LogP contribution in [0.2, 0.25) is 0 Å². The Morgan fingerprint density at radius 2 is 1.88 bits per heavy atom. The zero-order chi connectivity index (χ0) is 23.7. The molecule has 0 unspecified atom stereocenters. The first-order chi connectivity index (χ1) is 16.5. The SMILES string of the molecule is Cn1c(Nc2ccc(F)cc2)ncc(-c2ccc(Oc3ccnc4c3OCC(=O)N4)cn2)c1=O. The van der Waals surface area contributed by atoms with Gasteiger partial charge >= 0.3 is 0 Å². The van der Waals surface area contributed by atoms with Gasteiger partial charge in [-0.3, -0.25) is 19.1 Å². The minimum Gasteiger partial charge on any atom is -0.476 e. The lowest BCUT2D eigenvalue weighted by Crippen LogP contribution is -2.26. The number of rotatable bonds is 5. The molecule has 0 spiro atoms. The van der Waals surface area contributed by atoms with Gasteiger partial charge in [0.2, 0.25) is 11.7 Å². The maximum absolute atomic E-state index is 13.1. The van der Waals surface area contributed by atoms with Gasteiger partial charge < -0.3 is 20.1 Å². The summed E-state index contributed by atoms with van der Waals surface area (Å²) in [6.45, 7) is -0.130. The van der Waals surface area contributed by atoms with E-state index in [4.69, 9.17) is 9.47 Å². The monoisotopic (exact) mass is 460 g/mol. The fraction of sp³-hybridized carbons (Fsp3) is 0.0870. The molecule has 11 heteroatoms. The molecular formula is C23H17FN6O4. The van der Waals surface area contributed by atoms with Gasteiger partial charge in [-0.1, -0.05) is 0 Å².